The van der Waals surface area contributed by atoms with Crippen molar-refractivity contribution in [3.63, 3.8) is 0 Å². The molecule has 1 aliphatic rings. The van der Waals surface area contributed by atoms with Crippen LogP contribution in [0.1, 0.15) is 45.4 Å². The van der Waals surface area contributed by atoms with Crippen molar-refractivity contribution in [1.82, 2.24) is 0 Å². The van der Waals surface area contributed by atoms with Crippen LogP contribution in [0.25, 0.3) is 0 Å². The average molecular weight is 326 g/mol. The van der Waals surface area contributed by atoms with Gasteiger partial charge in [-0.05, 0) is 32.3 Å². The van der Waals surface area contributed by atoms with Crippen LogP contribution >= 0.6 is 11.3 Å². The van der Waals surface area contributed by atoms with Crippen LogP contribution in [0, 0.1) is 6.92 Å². The summed E-state index contributed by atoms with van der Waals surface area (Å²) in [4.78, 5) is 35.9. The summed E-state index contributed by atoms with van der Waals surface area (Å²) in [6.45, 7) is 4.02. The van der Waals surface area contributed by atoms with Gasteiger partial charge in [-0.1, -0.05) is 0 Å². The van der Waals surface area contributed by atoms with Crippen LogP contribution in [0.5, 0.6) is 0 Å². The van der Waals surface area contributed by atoms with Gasteiger partial charge in [-0.3, -0.25) is 9.59 Å². The van der Waals surface area contributed by atoms with Crippen molar-refractivity contribution < 1.29 is 23.9 Å². The Labute approximate surface area is 131 Å². The van der Waals surface area contributed by atoms with Crippen LogP contribution in [0.2, 0.25) is 0 Å². The Bertz CT molecular complexity index is 605. The molecular formula is C14H18N2O5S. The molecule has 0 aromatic carbocycles. The predicted octanol–water partition coefficient (Wildman–Crippen LogP) is 1.45. The molecule has 0 aliphatic carbocycles. The number of carbonyl (C=O) groups excluding carboxylic acids is 3. The van der Waals surface area contributed by atoms with Crippen LogP contribution in [-0.2, 0) is 14.3 Å². The van der Waals surface area contributed by atoms with E-state index in [1.54, 1.807) is 13.8 Å². The van der Waals surface area contributed by atoms with Crippen molar-refractivity contribution >= 4 is 34.1 Å². The zero-order chi connectivity index (χ0) is 16.3. The highest BCUT2D eigenvalue weighted by Gasteiger charge is 2.29. The molecule has 22 heavy (non-hydrogen) atoms. The first kappa shape index (κ1) is 16.4. The van der Waals surface area contributed by atoms with Crippen molar-refractivity contribution in [3.05, 3.63) is 16.0 Å². The van der Waals surface area contributed by atoms with Crippen LogP contribution < -0.4 is 11.1 Å². The Morgan fingerprint density at radius 3 is 2.73 bits per heavy atom. The van der Waals surface area contributed by atoms with Gasteiger partial charge < -0.3 is 20.5 Å². The van der Waals surface area contributed by atoms with E-state index in [0.717, 1.165) is 17.8 Å². The molecule has 8 heteroatoms. The van der Waals surface area contributed by atoms with Crippen LogP contribution in [0.15, 0.2) is 0 Å². The number of hydrogen-bond donors (Lipinski definition) is 2. The van der Waals surface area contributed by atoms with Gasteiger partial charge in [0, 0.05) is 6.61 Å². The number of primary amides is 1. The number of anilines is 1. The second kappa shape index (κ2) is 6.89. The topological polar surface area (TPSA) is 108 Å². The minimum Gasteiger partial charge on any atom is -0.462 e. The highest BCUT2D eigenvalue weighted by molar-refractivity contribution is 7.18. The van der Waals surface area contributed by atoms with E-state index in [9.17, 15) is 14.4 Å². The molecule has 0 unspecified atom stereocenters. The van der Waals surface area contributed by atoms with Gasteiger partial charge in [0.25, 0.3) is 11.8 Å². The molecular weight excluding hydrogens is 308 g/mol. The van der Waals surface area contributed by atoms with Gasteiger partial charge in [-0.15, -0.1) is 11.3 Å². The molecule has 1 fully saturated rings. The van der Waals surface area contributed by atoms with Gasteiger partial charge in [0.15, 0.2) is 0 Å². The molecule has 1 saturated heterocycles. The number of esters is 1. The van der Waals surface area contributed by atoms with Crippen LogP contribution in [-0.4, -0.2) is 37.1 Å². The maximum absolute atomic E-state index is 12.1. The van der Waals surface area contributed by atoms with Crippen LogP contribution in [0.3, 0.4) is 0 Å². The smallest absolute Gasteiger partial charge is 0.341 e. The molecule has 7 nitrogen and oxygen atoms in total. The first-order valence-electron chi connectivity index (χ1n) is 6.98. The zero-order valence-electron chi connectivity index (χ0n) is 12.4. The number of nitrogens with two attached hydrogens (primary N) is 1. The fraction of sp³-hybridized carbons (Fsp3) is 0.500. The summed E-state index contributed by atoms with van der Waals surface area (Å²) in [5.74, 6) is -1.57. The molecule has 0 saturated carbocycles. The molecule has 3 N–H and O–H groups in total. The van der Waals surface area contributed by atoms with E-state index in [2.05, 4.69) is 5.32 Å². The Morgan fingerprint density at radius 1 is 1.45 bits per heavy atom. The number of hydrogen-bond acceptors (Lipinski definition) is 6. The Balaban J connectivity index is 2.31. The number of thiophene rings is 1. The summed E-state index contributed by atoms with van der Waals surface area (Å²) in [5, 5.41) is 2.92. The molecule has 2 rings (SSSR count). The molecule has 0 radical (unpaired) electrons. The fourth-order valence-electron chi connectivity index (χ4n) is 2.26. The molecule has 2 heterocycles. The second-order valence-corrected chi connectivity index (χ2v) is 5.86. The first-order valence-corrected chi connectivity index (χ1v) is 7.80. The quantitative estimate of drug-likeness (QED) is 0.796. The lowest BCUT2D eigenvalue weighted by atomic mass is 10.1. The molecule has 0 bridgehead atoms. The van der Waals surface area contributed by atoms with E-state index >= 15 is 0 Å². The summed E-state index contributed by atoms with van der Waals surface area (Å²) in [6, 6.07) is 0. The molecule has 1 aromatic rings. The molecule has 1 aromatic heterocycles. The Hall–Kier alpha value is -1.93. The molecule has 1 aliphatic heterocycles. The number of ether oxygens (including phenoxy) is 2. The number of rotatable bonds is 5. The minimum atomic E-state index is -0.648. The van der Waals surface area contributed by atoms with Gasteiger partial charge >= 0.3 is 5.97 Å². The highest BCUT2D eigenvalue weighted by Crippen LogP contribution is 2.34. The van der Waals surface area contributed by atoms with Crippen molar-refractivity contribution in [2.45, 2.75) is 32.8 Å². The predicted molar refractivity (Wildman–Crippen MR) is 81.1 cm³/mol. The van der Waals surface area contributed by atoms with Gasteiger partial charge in [0.1, 0.15) is 11.1 Å². The summed E-state index contributed by atoms with van der Waals surface area (Å²) in [7, 11) is 0. The van der Waals surface area contributed by atoms with Gasteiger partial charge in [0.2, 0.25) is 0 Å². The van der Waals surface area contributed by atoms with Crippen molar-refractivity contribution in [2.75, 3.05) is 18.5 Å². The third kappa shape index (κ3) is 3.28. The van der Waals surface area contributed by atoms with Gasteiger partial charge in [-0.25, -0.2) is 4.79 Å². The number of nitrogens with one attached hydrogen (secondary N) is 1. The summed E-state index contributed by atoms with van der Waals surface area (Å²) < 4.78 is 10.3. The molecule has 1 atom stereocenters. The first-order chi connectivity index (χ1) is 10.5. The molecule has 2 amide bonds. The van der Waals surface area contributed by atoms with E-state index < -0.39 is 18.0 Å². The largest absolute Gasteiger partial charge is 0.462 e. The highest BCUT2D eigenvalue weighted by atomic mass is 32.1. The summed E-state index contributed by atoms with van der Waals surface area (Å²) in [6.07, 6.45) is 0.918. The molecule has 120 valence electrons. The third-order valence-electron chi connectivity index (χ3n) is 3.31. The van der Waals surface area contributed by atoms with E-state index in [0.29, 0.717) is 18.6 Å². The SMILES string of the molecule is CCOC(=O)c1c(NC(=O)[C@H]2CCCO2)sc(C(N)=O)c1C. The number of carbonyl (C=O) groups is 3. The summed E-state index contributed by atoms with van der Waals surface area (Å²) in [5.41, 5.74) is 5.89. The summed E-state index contributed by atoms with van der Waals surface area (Å²) >= 11 is 0.973. The van der Waals surface area contributed by atoms with E-state index in [1.165, 1.54) is 0 Å². The number of amides is 2. The zero-order valence-corrected chi connectivity index (χ0v) is 13.2. The lowest BCUT2D eigenvalue weighted by molar-refractivity contribution is -0.124. The molecule has 0 spiro atoms. The second-order valence-electron chi connectivity index (χ2n) is 4.84. The van der Waals surface area contributed by atoms with E-state index in [-0.39, 0.29) is 28.0 Å². The normalized spacial score (nSPS) is 17.3. The van der Waals surface area contributed by atoms with E-state index in [1.807, 2.05) is 0 Å². The van der Waals surface area contributed by atoms with Crippen LogP contribution in [0.4, 0.5) is 5.00 Å². The van der Waals surface area contributed by atoms with Gasteiger partial charge in [-0.2, -0.15) is 0 Å². The Kier molecular flexibility index (Phi) is 5.15. The van der Waals surface area contributed by atoms with E-state index in [4.69, 9.17) is 15.2 Å². The standard InChI is InChI=1S/C14H18N2O5S/c1-3-20-14(19)9-7(2)10(11(15)17)22-13(9)16-12(18)8-5-4-6-21-8/h8H,3-6H2,1-2H3,(H2,15,17)(H,16,18)/t8-/m1/s1. The van der Waals surface area contributed by atoms with Crippen molar-refractivity contribution in [2.24, 2.45) is 5.73 Å². The maximum atomic E-state index is 12.1. The van der Waals surface area contributed by atoms with Crippen molar-refractivity contribution in [3.8, 4) is 0 Å². The lowest BCUT2D eigenvalue weighted by Gasteiger charge is -2.10. The fourth-order valence-corrected chi connectivity index (χ4v) is 3.31. The van der Waals surface area contributed by atoms with Gasteiger partial charge in [0.05, 0.1) is 17.0 Å². The minimum absolute atomic E-state index is 0.173. The third-order valence-corrected chi connectivity index (χ3v) is 4.53. The monoisotopic (exact) mass is 326 g/mol. The average Bonchev–Trinajstić information content (AvgIpc) is 3.07. The maximum Gasteiger partial charge on any atom is 0.341 e. The van der Waals surface area contributed by atoms with Crippen molar-refractivity contribution in [1.29, 1.82) is 0 Å². The Morgan fingerprint density at radius 2 is 2.18 bits per heavy atom. The lowest BCUT2D eigenvalue weighted by Crippen LogP contribution is -2.27.